The van der Waals surface area contributed by atoms with Crippen molar-refractivity contribution in [2.24, 2.45) is 5.73 Å². The van der Waals surface area contributed by atoms with Gasteiger partial charge >= 0.3 is 0 Å². The van der Waals surface area contributed by atoms with Crippen LogP contribution in [0.3, 0.4) is 0 Å². The van der Waals surface area contributed by atoms with Gasteiger partial charge in [-0.25, -0.2) is 0 Å². The van der Waals surface area contributed by atoms with Crippen molar-refractivity contribution in [2.75, 3.05) is 11.9 Å². The van der Waals surface area contributed by atoms with Crippen LogP contribution in [0.25, 0.3) is 0 Å². The molecule has 2 aromatic carbocycles. The van der Waals surface area contributed by atoms with Gasteiger partial charge in [-0.15, -0.1) is 0 Å². The van der Waals surface area contributed by atoms with Gasteiger partial charge in [-0.05, 0) is 29.8 Å². The maximum absolute atomic E-state index is 12.4. The number of nitrogens with two attached hydrogens (primary N) is 1. The largest absolute Gasteiger partial charge is 0.389 e. The number of carbonyl (C=O) groups excluding carboxylic acids is 1. The molecule has 21 heavy (non-hydrogen) atoms. The molecule has 0 heterocycles. The highest BCUT2D eigenvalue weighted by Crippen LogP contribution is 2.20. The zero-order valence-electron chi connectivity index (χ0n) is 11.5. The summed E-state index contributed by atoms with van der Waals surface area (Å²) in [4.78, 5) is 14.2. The summed E-state index contributed by atoms with van der Waals surface area (Å²) >= 11 is 11.0. The fourth-order valence-corrected chi connectivity index (χ4v) is 2.43. The van der Waals surface area contributed by atoms with Crippen LogP contribution < -0.4 is 10.6 Å². The highest BCUT2D eigenvalue weighted by molar-refractivity contribution is 7.80. The summed E-state index contributed by atoms with van der Waals surface area (Å²) in [6.45, 7) is 0. The fourth-order valence-electron chi connectivity index (χ4n) is 2.05. The van der Waals surface area contributed by atoms with Crippen molar-refractivity contribution in [3.63, 3.8) is 0 Å². The van der Waals surface area contributed by atoms with Crippen molar-refractivity contribution in [1.82, 2.24) is 0 Å². The molecule has 2 aromatic rings. The number of halogens is 1. The first kappa shape index (κ1) is 15.5. The second-order valence-corrected chi connectivity index (χ2v) is 5.52. The van der Waals surface area contributed by atoms with E-state index < -0.39 is 0 Å². The summed E-state index contributed by atoms with van der Waals surface area (Å²) in [6, 6.07) is 14.6. The van der Waals surface area contributed by atoms with Gasteiger partial charge in [-0.2, -0.15) is 0 Å². The van der Waals surface area contributed by atoms with Crippen molar-refractivity contribution >= 4 is 40.4 Å². The van der Waals surface area contributed by atoms with Gasteiger partial charge in [0.2, 0.25) is 5.91 Å². The number of nitrogens with zero attached hydrogens (tertiary/aromatic N) is 1. The lowest BCUT2D eigenvalue weighted by atomic mass is 10.1. The molecule has 0 aromatic heterocycles. The van der Waals surface area contributed by atoms with Gasteiger partial charge in [0.15, 0.2) is 0 Å². The zero-order chi connectivity index (χ0) is 15.4. The molecule has 3 nitrogen and oxygen atoms in total. The molecule has 0 aliphatic carbocycles. The molecule has 0 fully saturated rings. The van der Waals surface area contributed by atoms with Gasteiger partial charge in [-0.1, -0.05) is 48.1 Å². The van der Waals surface area contributed by atoms with Crippen LogP contribution in [0.2, 0.25) is 5.02 Å². The summed E-state index contributed by atoms with van der Waals surface area (Å²) < 4.78 is 0. The van der Waals surface area contributed by atoms with Crippen LogP contribution in [-0.2, 0) is 11.2 Å². The number of para-hydroxylation sites is 1. The lowest BCUT2D eigenvalue weighted by Crippen LogP contribution is -2.30. The Balaban J connectivity index is 2.22. The second kappa shape index (κ2) is 6.70. The zero-order valence-corrected chi connectivity index (χ0v) is 13.1. The molecule has 0 spiro atoms. The van der Waals surface area contributed by atoms with Crippen LogP contribution in [0.4, 0.5) is 5.69 Å². The van der Waals surface area contributed by atoms with Gasteiger partial charge in [-0.3, -0.25) is 4.79 Å². The Labute approximate surface area is 134 Å². The molecule has 108 valence electrons. The van der Waals surface area contributed by atoms with E-state index in [-0.39, 0.29) is 17.3 Å². The third-order valence-electron chi connectivity index (χ3n) is 3.15. The summed E-state index contributed by atoms with van der Waals surface area (Å²) in [7, 11) is 1.71. The predicted octanol–water partition coefficient (Wildman–Crippen LogP) is 3.18. The lowest BCUT2D eigenvalue weighted by Gasteiger charge is -2.20. The van der Waals surface area contributed by atoms with Crippen molar-refractivity contribution < 1.29 is 4.79 Å². The molecule has 0 radical (unpaired) electrons. The van der Waals surface area contributed by atoms with E-state index in [4.69, 9.17) is 29.6 Å². The number of hydrogen-bond donors (Lipinski definition) is 1. The average Bonchev–Trinajstić information content (AvgIpc) is 2.46. The number of benzene rings is 2. The molecule has 5 heteroatoms. The van der Waals surface area contributed by atoms with E-state index in [0.717, 1.165) is 5.56 Å². The van der Waals surface area contributed by atoms with E-state index in [1.54, 1.807) is 30.1 Å². The molecule has 2 N–H and O–H groups in total. The van der Waals surface area contributed by atoms with E-state index in [1.807, 2.05) is 30.3 Å². The number of amides is 1. The summed E-state index contributed by atoms with van der Waals surface area (Å²) in [6.07, 6.45) is 0.267. The topological polar surface area (TPSA) is 46.3 Å². The third-order valence-corrected chi connectivity index (χ3v) is 3.60. The second-order valence-electron chi connectivity index (χ2n) is 4.64. The minimum Gasteiger partial charge on any atom is -0.389 e. The molecule has 0 aliphatic heterocycles. The Morgan fingerprint density at radius 3 is 2.62 bits per heavy atom. The number of likely N-dealkylation sites (N-methyl/N-ethyl adjacent to an activating group) is 1. The van der Waals surface area contributed by atoms with Gasteiger partial charge < -0.3 is 10.6 Å². The number of hydrogen-bond acceptors (Lipinski definition) is 2. The molecule has 1 amide bonds. The van der Waals surface area contributed by atoms with Gasteiger partial charge in [0.05, 0.1) is 12.1 Å². The molecule has 0 atom stereocenters. The van der Waals surface area contributed by atoms with Crippen LogP contribution in [0, 0.1) is 0 Å². The first-order chi connectivity index (χ1) is 9.99. The Morgan fingerprint density at radius 2 is 1.95 bits per heavy atom. The third kappa shape index (κ3) is 3.80. The van der Waals surface area contributed by atoms with E-state index in [9.17, 15) is 4.79 Å². The molecule has 0 aliphatic rings. The van der Waals surface area contributed by atoms with Crippen LogP contribution in [0.15, 0.2) is 48.5 Å². The normalized spacial score (nSPS) is 10.2. The Bertz CT molecular complexity index is 687. The lowest BCUT2D eigenvalue weighted by molar-refractivity contribution is -0.117. The Kier molecular flexibility index (Phi) is 4.94. The molecule has 0 saturated carbocycles. The SMILES string of the molecule is CN(C(=O)Cc1cccc(Cl)c1)c1ccccc1C(N)=S. The Morgan fingerprint density at radius 1 is 1.24 bits per heavy atom. The summed E-state index contributed by atoms with van der Waals surface area (Å²) in [5.41, 5.74) is 7.96. The minimum absolute atomic E-state index is 0.0547. The van der Waals surface area contributed by atoms with Gasteiger partial charge in [0.1, 0.15) is 4.99 Å². The highest BCUT2D eigenvalue weighted by atomic mass is 35.5. The predicted molar refractivity (Wildman–Crippen MR) is 90.9 cm³/mol. The molecule has 0 bridgehead atoms. The quantitative estimate of drug-likeness (QED) is 0.881. The van der Waals surface area contributed by atoms with Crippen molar-refractivity contribution in [1.29, 1.82) is 0 Å². The van der Waals surface area contributed by atoms with Crippen LogP contribution >= 0.6 is 23.8 Å². The van der Waals surface area contributed by atoms with Crippen LogP contribution in [0.5, 0.6) is 0 Å². The van der Waals surface area contributed by atoms with E-state index in [0.29, 0.717) is 16.3 Å². The minimum atomic E-state index is -0.0547. The molecular weight excluding hydrogens is 304 g/mol. The first-order valence-electron chi connectivity index (χ1n) is 6.39. The number of thiocarbonyl (C=S) groups is 1. The summed E-state index contributed by atoms with van der Waals surface area (Å²) in [5.74, 6) is -0.0547. The monoisotopic (exact) mass is 318 g/mol. The van der Waals surface area contributed by atoms with Crippen molar-refractivity contribution in [3.05, 3.63) is 64.7 Å². The van der Waals surface area contributed by atoms with Gasteiger partial charge in [0.25, 0.3) is 0 Å². The molecule has 2 rings (SSSR count). The van der Waals surface area contributed by atoms with Crippen LogP contribution in [-0.4, -0.2) is 17.9 Å². The van der Waals surface area contributed by atoms with Crippen molar-refractivity contribution in [3.8, 4) is 0 Å². The first-order valence-corrected chi connectivity index (χ1v) is 7.17. The Hall–Kier alpha value is -1.91. The highest BCUT2D eigenvalue weighted by Gasteiger charge is 2.15. The number of carbonyl (C=O) groups is 1. The fraction of sp³-hybridized carbons (Fsp3) is 0.125. The van der Waals surface area contributed by atoms with E-state index in [2.05, 4.69) is 0 Å². The number of anilines is 1. The summed E-state index contributed by atoms with van der Waals surface area (Å²) in [5, 5.41) is 0.617. The van der Waals surface area contributed by atoms with Crippen LogP contribution in [0.1, 0.15) is 11.1 Å². The average molecular weight is 319 g/mol. The maximum Gasteiger partial charge on any atom is 0.231 e. The maximum atomic E-state index is 12.4. The smallest absolute Gasteiger partial charge is 0.231 e. The molecule has 0 saturated heterocycles. The molecular formula is C16H15ClN2OS. The molecule has 0 unspecified atom stereocenters. The van der Waals surface area contributed by atoms with E-state index >= 15 is 0 Å². The van der Waals surface area contributed by atoms with Crippen molar-refractivity contribution in [2.45, 2.75) is 6.42 Å². The number of rotatable bonds is 4. The van der Waals surface area contributed by atoms with Gasteiger partial charge in [0, 0.05) is 17.6 Å². The standard InChI is InChI=1S/C16H15ClN2OS/c1-19(14-8-3-2-7-13(14)16(18)21)15(20)10-11-5-4-6-12(17)9-11/h2-9H,10H2,1H3,(H2,18,21). The van der Waals surface area contributed by atoms with E-state index in [1.165, 1.54) is 0 Å².